The number of rotatable bonds is 8. The SMILES string of the molecule is C=CCOOCc1ccc(C(=O)OCC=C)cc1. The largest absolute Gasteiger partial charge is 0.458 e. The van der Waals surface area contributed by atoms with E-state index in [1.807, 2.05) is 0 Å². The van der Waals surface area contributed by atoms with E-state index in [0.29, 0.717) is 18.8 Å². The highest BCUT2D eigenvalue weighted by molar-refractivity contribution is 5.89. The van der Waals surface area contributed by atoms with Crippen LogP contribution in [0.5, 0.6) is 0 Å². The minimum atomic E-state index is -0.370. The minimum Gasteiger partial charge on any atom is -0.458 e. The van der Waals surface area contributed by atoms with Crippen LogP contribution in [0.4, 0.5) is 0 Å². The van der Waals surface area contributed by atoms with Crippen molar-refractivity contribution >= 4 is 5.97 Å². The first-order valence-corrected chi connectivity index (χ1v) is 5.50. The summed E-state index contributed by atoms with van der Waals surface area (Å²) in [5.74, 6) is -0.370. The molecule has 0 aromatic heterocycles. The molecule has 0 heterocycles. The fourth-order valence-corrected chi connectivity index (χ4v) is 1.16. The average Bonchev–Trinajstić information content (AvgIpc) is 2.41. The summed E-state index contributed by atoms with van der Waals surface area (Å²) in [6, 6.07) is 6.92. The van der Waals surface area contributed by atoms with Gasteiger partial charge in [0, 0.05) is 0 Å². The Bertz CT molecular complexity index is 395. The number of carbonyl (C=O) groups is 1. The molecule has 0 atom stereocenters. The van der Waals surface area contributed by atoms with E-state index >= 15 is 0 Å². The summed E-state index contributed by atoms with van der Waals surface area (Å²) in [5.41, 5.74) is 1.40. The highest BCUT2D eigenvalue weighted by Crippen LogP contribution is 2.07. The topological polar surface area (TPSA) is 44.8 Å². The smallest absolute Gasteiger partial charge is 0.338 e. The standard InChI is InChI=1S/C14H16O4/c1-3-9-16-14(15)13-7-5-12(6-8-13)11-18-17-10-4-2/h3-8H,1-2,9-11H2. The fourth-order valence-electron chi connectivity index (χ4n) is 1.16. The molecule has 0 aliphatic carbocycles. The van der Waals surface area contributed by atoms with Crippen molar-refractivity contribution in [2.45, 2.75) is 6.61 Å². The Hall–Kier alpha value is -1.91. The van der Waals surface area contributed by atoms with Crippen LogP contribution in [0.25, 0.3) is 0 Å². The number of ether oxygens (including phenoxy) is 1. The van der Waals surface area contributed by atoms with Gasteiger partial charge < -0.3 is 4.74 Å². The molecule has 4 heteroatoms. The van der Waals surface area contributed by atoms with Gasteiger partial charge in [0.1, 0.15) is 19.8 Å². The molecular formula is C14H16O4. The van der Waals surface area contributed by atoms with Crippen molar-refractivity contribution in [3.05, 3.63) is 60.7 Å². The molecule has 1 rings (SSSR count). The molecule has 0 fully saturated rings. The lowest BCUT2D eigenvalue weighted by Crippen LogP contribution is -2.05. The normalized spacial score (nSPS) is 9.78. The van der Waals surface area contributed by atoms with E-state index in [4.69, 9.17) is 14.5 Å². The number of benzene rings is 1. The summed E-state index contributed by atoms with van der Waals surface area (Å²) < 4.78 is 4.91. The zero-order chi connectivity index (χ0) is 13.2. The van der Waals surface area contributed by atoms with Gasteiger partial charge in [0.05, 0.1) is 5.56 Å². The number of hydrogen-bond donors (Lipinski definition) is 0. The maximum absolute atomic E-state index is 11.5. The molecule has 0 aliphatic rings. The molecule has 0 saturated heterocycles. The van der Waals surface area contributed by atoms with Gasteiger partial charge in [0.2, 0.25) is 0 Å². The number of carbonyl (C=O) groups excluding carboxylic acids is 1. The molecule has 0 unspecified atom stereocenters. The Labute approximate surface area is 106 Å². The summed E-state index contributed by atoms with van der Waals surface area (Å²) >= 11 is 0. The molecule has 1 aromatic rings. The van der Waals surface area contributed by atoms with Crippen LogP contribution in [0.2, 0.25) is 0 Å². The highest BCUT2D eigenvalue weighted by Gasteiger charge is 2.05. The molecule has 0 spiro atoms. The molecule has 96 valence electrons. The van der Waals surface area contributed by atoms with Crippen molar-refractivity contribution < 1.29 is 19.3 Å². The minimum absolute atomic E-state index is 0.207. The first kappa shape index (κ1) is 14.2. The zero-order valence-electron chi connectivity index (χ0n) is 10.1. The molecule has 0 saturated carbocycles. The van der Waals surface area contributed by atoms with Crippen LogP contribution in [-0.2, 0) is 21.1 Å². The average molecular weight is 248 g/mol. The molecule has 0 bridgehead atoms. The second-order valence-electron chi connectivity index (χ2n) is 3.42. The molecule has 0 radical (unpaired) electrons. The van der Waals surface area contributed by atoms with Gasteiger partial charge in [-0.15, -0.1) is 6.58 Å². The van der Waals surface area contributed by atoms with Crippen molar-refractivity contribution in [3.8, 4) is 0 Å². The van der Waals surface area contributed by atoms with Crippen LogP contribution in [0.15, 0.2) is 49.6 Å². The lowest BCUT2D eigenvalue weighted by Gasteiger charge is -2.04. The van der Waals surface area contributed by atoms with Crippen LogP contribution in [0.1, 0.15) is 15.9 Å². The summed E-state index contributed by atoms with van der Waals surface area (Å²) in [5, 5.41) is 0. The van der Waals surface area contributed by atoms with Crippen molar-refractivity contribution in [1.29, 1.82) is 0 Å². The van der Waals surface area contributed by atoms with Gasteiger partial charge in [0.15, 0.2) is 0 Å². The second-order valence-corrected chi connectivity index (χ2v) is 3.42. The van der Waals surface area contributed by atoms with E-state index in [1.54, 1.807) is 30.3 Å². The number of esters is 1. The molecule has 18 heavy (non-hydrogen) atoms. The zero-order valence-corrected chi connectivity index (χ0v) is 10.1. The Balaban J connectivity index is 2.44. The fraction of sp³-hybridized carbons (Fsp3) is 0.214. The van der Waals surface area contributed by atoms with E-state index in [2.05, 4.69) is 13.2 Å². The highest BCUT2D eigenvalue weighted by atomic mass is 17.2. The molecule has 1 aromatic carbocycles. The van der Waals surface area contributed by atoms with Crippen LogP contribution >= 0.6 is 0 Å². The van der Waals surface area contributed by atoms with Gasteiger partial charge in [-0.1, -0.05) is 30.9 Å². The molecule has 0 aliphatic heterocycles. The Morgan fingerprint density at radius 1 is 1.06 bits per heavy atom. The van der Waals surface area contributed by atoms with E-state index in [9.17, 15) is 4.79 Å². The Morgan fingerprint density at radius 2 is 1.72 bits per heavy atom. The summed E-state index contributed by atoms with van der Waals surface area (Å²) in [6.07, 6.45) is 3.12. The summed E-state index contributed by atoms with van der Waals surface area (Å²) in [4.78, 5) is 21.2. The van der Waals surface area contributed by atoms with Crippen LogP contribution in [0.3, 0.4) is 0 Å². The lowest BCUT2D eigenvalue weighted by molar-refractivity contribution is -0.295. The van der Waals surface area contributed by atoms with Crippen LogP contribution < -0.4 is 0 Å². The van der Waals surface area contributed by atoms with Crippen molar-refractivity contribution in [2.75, 3.05) is 13.2 Å². The van der Waals surface area contributed by atoms with Crippen molar-refractivity contribution in [3.63, 3.8) is 0 Å². The third kappa shape index (κ3) is 4.95. The maximum atomic E-state index is 11.5. The van der Waals surface area contributed by atoms with Crippen molar-refractivity contribution in [1.82, 2.24) is 0 Å². The lowest BCUT2D eigenvalue weighted by atomic mass is 10.1. The van der Waals surface area contributed by atoms with E-state index < -0.39 is 0 Å². The third-order valence-electron chi connectivity index (χ3n) is 2.02. The second kappa shape index (κ2) is 8.22. The predicted molar refractivity (Wildman–Crippen MR) is 67.9 cm³/mol. The quantitative estimate of drug-likeness (QED) is 0.233. The van der Waals surface area contributed by atoms with Crippen LogP contribution in [0, 0.1) is 0 Å². The third-order valence-corrected chi connectivity index (χ3v) is 2.02. The van der Waals surface area contributed by atoms with Crippen LogP contribution in [-0.4, -0.2) is 19.2 Å². The summed E-state index contributed by atoms with van der Waals surface area (Å²) in [7, 11) is 0. The number of hydrogen-bond acceptors (Lipinski definition) is 4. The van der Waals surface area contributed by atoms with Gasteiger partial charge in [-0.25, -0.2) is 14.6 Å². The van der Waals surface area contributed by atoms with Gasteiger partial charge in [-0.2, -0.15) is 0 Å². The van der Waals surface area contributed by atoms with Gasteiger partial charge in [-0.3, -0.25) is 0 Å². The molecular weight excluding hydrogens is 232 g/mol. The first-order chi connectivity index (χ1) is 8.77. The van der Waals surface area contributed by atoms with E-state index in [0.717, 1.165) is 5.56 Å². The monoisotopic (exact) mass is 248 g/mol. The Kier molecular flexibility index (Phi) is 6.46. The van der Waals surface area contributed by atoms with Gasteiger partial charge >= 0.3 is 5.97 Å². The Morgan fingerprint density at radius 3 is 2.33 bits per heavy atom. The van der Waals surface area contributed by atoms with Gasteiger partial charge in [-0.05, 0) is 17.7 Å². The van der Waals surface area contributed by atoms with Crippen molar-refractivity contribution in [2.24, 2.45) is 0 Å². The van der Waals surface area contributed by atoms with E-state index in [1.165, 1.54) is 6.08 Å². The summed E-state index contributed by atoms with van der Waals surface area (Å²) in [6.45, 7) is 7.83. The maximum Gasteiger partial charge on any atom is 0.338 e. The predicted octanol–water partition coefficient (Wildman–Crippen LogP) is 2.66. The molecule has 4 nitrogen and oxygen atoms in total. The van der Waals surface area contributed by atoms with E-state index in [-0.39, 0.29) is 12.6 Å². The molecule has 0 amide bonds. The van der Waals surface area contributed by atoms with Gasteiger partial charge in [0.25, 0.3) is 0 Å². The first-order valence-electron chi connectivity index (χ1n) is 5.50. The molecule has 0 N–H and O–H groups in total.